The predicted octanol–water partition coefficient (Wildman–Crippen LogP) is 2.63. The minimum atomic E-state index is -0.617. The van der Waals surface area contributed by atoms with Gasteiger partial charge in [0, 0.05) is 16.5 Å². The summed E-state index contributed by atoms with van der Waals surface area (Å²) in [5.74, 6) is -0.554. The highest BCUT2D eigenvalue weighted by atomic mass is 35.5. The molecule has 0 fully saturated rings. The van der Waals surface area contributed by atoms with Crippen LogP contribution in [0.2, 0.25) is 5.02 Å². The minimum Gasteiger partial charge on any atom is -0.346 e. The molecule has 19 heavy (non-hydrogen) atoms. The van der Waals surface area contributed by atoms with Crippen LogP contribution in [0.3, 0.4) is 0 Å². The lowest BCUT2D eigenvalue weighted by atomic mass is 10.1. The number of thiazole rings is 1. The standard InChI is InChI=1S/C11H8ClN3O3S/c12-7-1-2-10(15(17)18)9(3-7)11(16)13-4-8-5-19-6-14-8/h1-3,5-6H,4H2,(H,13,16). The molecule has 0 atom stereocenters. The van der Waals surface area contributed by atoms with Crippen LogP contribution in [0.1, 0.15) is 16.1 Å². The van der Waals surface area contributed by atoms with E-state index in [0.29, 0.717) is 5.69 Å². The van der Waals surface area contributed by atoms with Crippen molar-refractivity contribution in [1.82, 2.24) is 10.3 Å². The molecular formula is C11H8ClN3O3S. The predicted molar refractivity (Wildman–Crippen MR) is 71.4 cm³/mol. The first-order valence-electron chi connectivity index (χ1n) is 5.17. The molecule has 8 heteroatoms. The lowest BCUT2D eigenvalue weighted by Crippen LogP contribution is -2.23. The Bertz CT molecular complexity index is 616. The first-order chi connectivity index (χ1) is 9.08. The van der Waals surface area contributed by atoms with E-state index in [1.54, 1.807) is 10.9 Å². The molecule has 1 N–H and O–H groups in total. The van der Waals surface area contributed by atoms with Gasteiger partial charge in [-0.15, -0.1) is 11.3 Å². The molecule has 0 saturated heterocycles. The van der Waals surface area contributed by atoms with Crippen LogP contribution in [0, 0.1) is 10.1 Å². The summed E-state index contributed by atoms with van der Waals surface area (Å²) >= 11 is 7.16. The van der Waals surface area contributed by atoms with E-state index in [1.165, 1.54) is 29.5 Å². The van der Waals surface area contributed by atoms with Gasteiger partial charge in [0.1, 0.15) is 5.56 Å². The van der Waals surface area contributed by atoms with Crippen LogP contribution in [0.25, 0.3) is 0 Å². The molecule has 0 aliphatic carbocycles. The van der Waals surface area contributed by atoms with E-state index in [-0.39, 0.29) is 22.8 Å². The Hall–Kier alpha value is -1.99. The molecule has 0 radical (unpaired) electrons. The fourth-order valence-electron chi connectivity index (χ4n) is 1.44. The average Bonchev–Trinajstić information content (AvgIpc) is 2.88. The summed E-state index contributed by atoms with van der Waals surface area (Å²) in [7, 11) is 0. The van der Waals surface area contributed by atoms with Crippen LogP contribution >= 0.6 is 22.9 Å². The lowest BCUT2D eigenvalue weighted by Gasteiger charge is -2.04. The van der Waals surface area contributed by atoms with Crippen molar-refractivity contribution in [1.29, 1.82) is 0 Å². The van der Waals surface area contributed by atoms with Crippen molar-refractivity contribution in [3.63, 3.8) is 0 Å². The van der Waals surface area contributed by atoms with Gasteiger partial charge in [-0.25, -0.2) is 4.98 Å². The number of aromatic nitrogens is 1. The van der Waals surface area contributed by atoms with Gasteiger partial charge in [0.15, 0.2) is 0 Å². The van der Waals surface area contributed by atoms with Gasteiger partial charge in [-0.3, -0.25) is 14.9 Å². The molecule has 2 aromatic rings. The largest absolute Gasteiger partial charge is 0.346 e. The van der Waals surface area contributed by atoms with Crippen molar-refractivity contribution in [2.45, 2.75) is 6.54 Å². The van der Waals surface area contributed by atoms with Crippen molar-refractivity contribution in [2.24, 2.45) is 0 Å². The summed E-state index contributed by atoms with van der Waals surface area (Å²) < 4.78 is 0. The van der Waals surface area contributed by atoms with E-state index in [9.17, 15) is 14.9 Å². The van der Waals surface area contributed by atoms with Gasteiger partial charge in [0.2, 0.25) is 0 Å². The van der Waals surface area contributed by atoms with Gasteiger partial charge in [0.05, 0.1) is 22.7 Å². The third-order valence-electron chi connectivity index (χ3n) is 2.31. The second kappa shape index (κ2) is 5.77. The van der Waals surface area contributed by atoms with Crippen LogP contribution in [0.4, 0.5) is 5.69 Å². The number of hydrogen-bond acceptors (Lipinski definition) is 5. The van der Waals surface area contributed by atoms with Crippen molar-refractivity contribution >= 4 is 34.5 Å². The molecule has 0 aliphatic rings. The highest BCUT2D eigenvalue weighted by molar-refractivity contribution is 7.07. The third kappa shape index (κ3) is 3.27. The highest BCUT2D eigenvalue weighted by Crippen LogP contribution is 2.22. The number of nitrogens with zero attached hydrogens (tertiary/aromatic N) is 2. The number of nitrogens with one attached hydrogen (secondary N) is 1. The zero-order valence-corrected chi connectivity index (χ0v) is 11.1. The second-order valence-electron chi connectivity index (χ2n) is 3.58. The maximum absolute atomic E-state index is 11.9. The molecule has 0 aliphatic heterocycles. The van der Waals surface area contributed by atoms with E-state index in [2.05, 4.69) is 10.3 Å². The normalized spacial score (nSPS) is 10.2. The van der Waals surface area contributed by atoms with Crippen molar-refractivity contribution in [3.8, 4) is 0 Å². The Morgan fingerprint density at radius 3 is 2.95 bits per heavy atom. The number of carbonyl (C=O) groups excluding carboxylic acids is 1. The summed E-state index contributed by atoms with van der Waals surface area (Å²) in [5.41, 5.74) is 2.00. The van der Waals surface area contributed by atoms with E-state index in [1.807, 2.05) is 0 Å². The molecule has 1 heterocycles. The Morgan fingerprint density at radius 1 is 1.53 bits per heavy atom. The number of nitro groups is 1. The third-order valence-corrected chi connectivity index (χ3v) is 3.18. The van der Waals surface area contributed by atoms with Crippen molar-refractivity contribution < 1.29 is 9.72 Å². The summed E-state index contributed by atoms with van der Waals surface area (Å²) in [5, 5.41) is 15.5. The monoisotopic (exact) mass is 297 g/mol. The topological polar surface area (TPSA) is 85.1 Å². The number of hydrogen-bond donors (Lipinski definition) is 1. The van der Waals surface area contributed by atoms with Crippen molar-refractivity contribution in [2.75, 3.05) is 0 Å². The van der Waals surface area contributed by atoms with Crippen LogP contribution in [-0.4, -0.2) is 15.8 Å². The van der Waals surface area contributed by atoms with E-state index in [4.69, 9.17) is 11.6 Å². The van der Waals surface area contributed by atoms with Gasteiger partial charge in [-0.2, -0.15) is 0 Å². The Labute approximate surface area is 117 Å². The van der Waals surface area contributed by atoms with Crippen molar-refractivity contribution in [3.05, 3.63) is 55.5 Å². The smallest absolute Gasteiger partial charge is 0.282 e. The number of halogens is 1. The average molecular weight is 298 g/mol. The maximum Gasteiger partial charge on any atom is 0.282 e. The fourth-order valence-corrected chi connectivity index (χ4v) is 2.17. The van der Waals surface area contributed by atoms with E-state index >= 15 is 0 Å². The van der Waals surface area contributed by atoms with Crippen LogP contribution in [0.5, 0.6) is 0 Å². The number of amides is 1. The summed E-state index contributed by atoms with van der Waals surface area (Å²) in [6.07, 6.45) is 0. The molecule has 2 rings (SSSR count). The first kappa shape index (κ1) is 13.4. The minimum absolute atomic E-state index is 0.0623. The van der Waals surface area contributed by atoms with E-state index < -0.39 is 10.8 Å². The molecule has 0 unspecified atom stereocenters. The van der Waals surface area contributed by atoms with Crippen LogP contribution in [0.15, 0.2) is 29.1 Å². The molecule has 6 nitrogen and oxygen atoms in total. The number of rotatable bonds is 4. The fraction of sp³-hybridized carbons (Fsp3) is 0.0909. The van der Waals surface area contributed by atoms with Gasteiger partial charge in [0.25, 0.3) is 11.6 Å². The zero-order chi connectivity index (χ0) is 13.8. The molecule has 0 spiro atoms. The highest BCUT2D eigenvalue weighted by Gasteiger charge is 2.20. The number of nitro benzene ring substituents is 1. The second-order valence-corrected chi connectivity index (χ2v) is 4.74. The molecular weight excluding hydrogens is 290 g/mol. The van der Waals surface area contributed by atoms with Gasteiger partial charge < -0.3 is 5.32 Å². The van der Waals surface area contributed by atoms with Crippen LogP contribution in [-0.2, 0) is 6.54 Å². The molecule has 1 aromatic carbocycles. The SMILES string of the molecule is O=C(NCc1cscn1)c1cc(Cl)ccc1[N+](=O)[O-]. The Balaban J connectivity index is 2.18. The zero-order valence-electron chi connectivity index (χ0n) is 9.50. The van der Waals surface area contributed by atoms with Gasteiger partial charge in [-0.1, -0.05) is 11.6 Å². The number of benzene rings is 1. The Kier molecular flexibility index (Phi) is 4.08. The molecule has 98 valence electrons. The first-order valence-corrected chi connectivity index (χ1v) is 6.49. The molecule has 0 saturated carbocycles. The van der Waals surface area contributed by atoms with E-state index in [0.717, 1.165) is 0 Å². The molecule has 0 bridgehead atoms. The molecule has 1 amide bonds. The maximum atomic E-state index is 11.9. The molecule has 1 aromatic heterocycles. The van der Waals surface area contributed by atoms with Crippen LogP contribution < -0.4 is 5.32 Å². The van der Waals surface area contributed by atoms with Gasteiger partial charge >= 0.3 is 0 Å². The lowest BCUT2D eigenvalue weighted by molar-refractivity contribution is -0.385. The summed E-state index contributed by atoms with van der Waals surface area (Å²) in [6.45, 7) is 0.214. The number of carbonyl (C=O) groups is 1. The Morgan fingerprint density at radius 2 is 2.32 bits per heavy atom. The quantitative estimate of drug-likeness (QED) is 0.694. The summed E-state index contributed by atoms with van der Waals surface area (Å²) in [6, 6.07) is 3.85. The van der Waals surface area contributed by atoms with Gasteiger partial charge in [-0.05, 0) is 12.1 Å². The summed E-state index contributed by atoms with van der Waals surface area (Å²) in [4.78, 5) is 26.1.